The number of nitrogens with one attached hydrogen (secondary N) is 1. The number of furan rings is 1. The summed E-state index contributed by atoms with van der Waals surface area (Å²) in [7, 11) is 0. The Kier molecular flexibility index (Phi) is 5.78. The first-order chi connectivity index (χ1) is 12.2. The lowest BCUT2D eigenvalue weighted by atomic mass is 10.2. The number of nitrogens with zero attached hydrogens (tertiary/aromatic N) is 2. The molecular weight excluding hydrogens is 338 g/mol. The molecule has 7 heteroatoms. The minimum Gasteiger partial charge on any atom is -0.459 e. The van der Waals surface area contributed by atoms with E-state index in [0.717, 1.165) is 10.6 Å². The lowest BCUT2D eigenvalue weighted by Crippen LogP contribution is -2.50. The molecule has 2 amide bonds. The second-order valence-corrected chi connectivity index (χ2v) is 6.64. The average molecular weight is 359 g/mol. The number of hydrogen-bond acceptors (Lipinski definition) is 5. The zero-order valence-corrected chi connectivity index (χ0v) is 14.9. The maximum absolute atomic E-state index is 12.3. The Labute approximate surface area is 151 Å². The maximum atomic E-state index is 12.3. The van der Waals surface area contributed by atoms with Crippen LogP contribution >= 0.6 is 11.8 Å². The first kappa shape index (κ1) is 17.6. The van der Waals surface area contributed by atoms with Crippen molar-refractivity contribution in [3.63, 3.8) is 0 Å². The van der Waals surface area contributed by atoms with Crippen LogP contribution in [0.25, 0.3) is 0 Å². The van der Waals surface area contributed by atoms with Gasteiger partial charge >= 0.3 is 0 Å². The molecular formula is C18H21N3O3S. The fourth-order valence-electron chi connectivity index (χ4n) is 2.81. The summed E-state index contributed by atoms with van der Waals surface area (Å²) in [4.78, 5) is 29.4. The van der Waals surface area contributed by atoms with E-state index in [1.54, 1.807) is 28.8 Å². The number of carbonyl (C=O) groups is 2. The van der Waals surface area contributed by atoms with Crippen molar-refractivity contribution in [1.82, 2.24) is 9.80 Å². The fourth-order valence-corrected chi connectivity index (χ4v) is 3.36. The number of amides is 2. The lowest BCUT2D eigenvalue weighted by Gasteiger charge is -2.33. The van der Waals surface area contributed by atoms with E-state index in [1.807, 2.05) is 30.5 Å². The van der Waals surface area contributed by atoms with Crippen molar-refractivity contribution in [1.29, 1.82) is 0 Å². The summed E-state index contributed by atoms with van der Waals surface area (Å²) in [6.45, 7) is 2.85. The Morgan fingerprint density at radius 1 is 1.12 bits per heavy atom. The molecule has 0 bridgehead atoms. The molecule has 0 saturated carbocycles. The molecule has 2 aromatic rings. The quantitative estimate of drug-likeness (QED) is 0.831. The molecule has 0 radical (unpaired) electrons. The number of carbonyl (C=O) groups excluding carboxylic acids is 2. The van der Waals surface area contributed by atoms with Crippen LogP contribution in [0.4, 0.5) is 5.69 Å². The highest BCUT2D eigenvalue weighted by Gasteiger charge is 2.24. The summed E-state index contributed by atoms with van der Waals surface area (Å²) in [5.41, 5.74) is 0.839. The van der Waals surface area contributed by atoms with Crippen molar-refractivity contribution >= 4 is 29.3 Å². The van der Waals surface area contributed by atoms with E-state index in [0.29, 0.717) is 38.5 Å². The van der Waals surface area contributed by atoms with Crippen LogP contribution in [-0.4, -0.2) is 60.6 Å². The predicted octanol–water partition coefficient (Wildman–Crippen LogP) is 2.40. The highest BCUT2D eigenvalue weighted by Crippen LogP contribution is 2.24. The maximum Gasteiger partial charge on any atom is 0.289 e. The van der Waals surface area contributed by atoms with Crippen molar-refractivity contribution in [2.75, 3.05) is 44.3 Å². The number of anilines is 1. The normalized spacial score (nSPS) is 15.2. The van der Waals surface area contributed by atoms with Gasteiger partial charge in [0.25, 0.3) is 5.91 Å². The average Bonchev–Trinajstić information content (AvgIpc) is 3.17. The van der Waals surface area contributed by atoms with Crippen LogP contribution < -0.4 is 5.32 Å². The fraction of sp³-hybridized carbons (Fsp3) is 0.333. The molecule has 1 aromatic carbocycles. The number of rotatable bonds is 5. The zero-order chi connectivity index (χ0) is 17.6. The largest absolute Gasteiger partial charge is 0.459 e. The van der Waals surface area contributed by atoms with Crippen LogP contribution in [0.3, 0.4) is 0 Å². The third-order valence-electron chi connectivity index (χ3n) is 4.14. The van der Waals surface area contributed by atoms with E-state index in [2.05, 4.69) is 10.2 Å². The van der Waals surface area contributed by atoms with Gasteiger partial charge in [-0.15, -0.1) is 11.8 Å². The SMILES string of the molecule is CSc1ccccc1NC(=O)CN1CCN(C(=O)c2ccco2)CC1. The van der Waals surface area contributed by atoms with Crippen molar-refractivity contribution < 1.29 is 14.0 Å². The smallest absolute Gasteiger partial charge is 0.289 e. The molecule has 1 N–H and O–H groups in total. The summed E-state index contributed by atoms with van der Waals surface area (Å²) in [6, 6.07) is 11.1. The molecule has 0 spiro atoms. The van der Waals surface area contributed by atoms with Crippen molar-refractivity contribution in [3.8, 4) is 0 Å². The third-order valence-corrected chi connectivity index (χ3v) is 4.94. The minimum absolute atomic E-state index is 0.0349. The predicted molar refractivity (Wildman–Crippen MR) is 97.9 cm³/mol. The van der Waals surface area contributed by atoms with Gasteiger partial charge in [0.1, 0.15) is 0 Å². The molecule has 1 aromatic heterocycles. The summed E-state index contributed by atoms with van der Waals surface area (Å²) in [5, 5.41) is 2.97. The molecule has 3 rings (SSSR count). The molecule has 1 aliphatic heterocycles. The molecule has 1 aliphatic rings. The molecule has 25 heavy (non-hydrogen) atoms. The van der Waals surface area contributed by atoms with Crippen LogP contribution in [-0.2, 0) is 4.79 Å². The van der Waals surface area contributed by atoms with Gasteiger partial charge in [-0.05, 0) is 30.5 Å². The van der Waals surface area contributed by atoms with Gasteiger partial charge < -0.3 is 14.6 Å². The molecule has 1 fully saturated rings. The van der Waals surface area contributed by atoms with Crippen LogP contribution in [0.2, 0.25) is 0 Å². The van der Waals surface area contributed by atoms with Gasteiger partial charge in [0.05, 0.1) is 18.5 Å². The Balaban J connectivity index is 1.49. The summed E-state index contributed by atoms with van der Waals surface area (Å²) < 4.78 is 5.16. The van der Waals surface area contributed by atoms with Crippen LogP contribution in [0.1, 0.15) is 10.6 Å². The number of piperazine rings is 1. The van der Waals surface area contributed by atoms with E-state index in [1.165, 1.54) is 6.26 Å². The Bertz CT molecular complexity index is 725. The molecule has 132 valence electrons. The second kappa shape index (κ2) is 8.22. The summed E-state index contributed by atoms with van der Waals surface area (Å²) >= 11 is 1.60. The summed E-state index contributed by atoms with van der Waals surface area (Å²) in [6.07, 6.45) is 3.49. The van der Waals surface area contributed by atoms with Gasteiger partial charge in [-0.1, -0.05) is 12.1 Å². The first-order valence-electron chi connectivity index (χ1n) is 8.15. The van der Waals surface area contributed by atoms with Crippen LogP contribution in [0.15, 0.2) is 52.0 Å². The Morgan fingerprint density at radius 2 is 1.88 bits per heavy atom. The Morgan fingerprint density at radius 3 is 2.56 bits per heavy atom. The van der Waals surface area contributed by atoms with E-state index >= 15 is 0 Å². The molecule has 0 unspecified atom stereocenters. The van der Waals surface area contributed by atoms with Gasteiger partial charge in [-0.3, -0.25) is 14.5 Å². The summed E-state index contributed by atoms with van der Waals surface area (Å²) in [5.74, 6) is 0.232. The van der Waals surface area contributed by atoms with E-state index in [-0.39, 0.29) is 11.8 Å². The lowest BCUT2D eigenvalue weighted by molar-refractivity contribution is -0.117. The number of benzene rings is 1. The third kappa shape index (κ3) is 4.43. The van der Waals surface area contributed by atoms with Crippen LogP contribution in [0.5, 0.6) is 0 Å². The van der Waals surface area contributed by atoms with Gasteiger partial charge in [-0.25, -0.2) is 0 Å². The topological polar surface area (TPSA) is 65.8 Å². The molecule has 6 nitrogen and oxygen atoms in total. The van der Waals surface area contributed by atoms with Gasteiger partial charge in [0.15, 0.2) is 5.76 Å². The molecule has 2 heterocycles. The van der Waals surface area contributed by atoms with Gasteiger partial charge in [-0.2, -0.15) is 0 Å². The molecule has 0 atom stereocenters. The monoisotopic (exact) mass is 359 g/mol. The van der Waals surface area contributed by atoms with Crippen LogP contribution in [0, 0.1) is 0 Å². The van der Waals surface area contributed by atoms with E-state index < -0.39 is 0 Å². The highest BCUT2D eigenvalue weighted by atomic mass is 32.2. The minimum atomic E-state index is -0.0944. The number of hydrogen-bond donors (Lipinski definition) is 1. The molecule has 0 aliphatic carbocycles. The van der Waals surface area contributed by atoms with Crippen molar-refractivity contribution in [3.05, 3.63) is 48.4 Å². The van der Waals surface area contributed by atoms with Gasteiger partial charge in [0, 0.05) is 31.1 Å². The van der Waals surface area contributed by atoms with E-state index in [9.17, 15) is 9.59 Å². The Hall–Kier alpha value is -2.25. The van der Waals surface area contributed by atoms with Gasteiger partial charge in [0.2, 0.25) is 5.91 Å². The number of para-hydroxylation sites is 1. The first-order valence-corrected chi connectivity index (χ1v) is 9.38. The number of thioether (sulfide) groups is 1. The van der Waals surface area contributed by atoms with Crippen molar-refractivity contribution in [2.24, 2.45) is 0 Å². The zero-order valence-electron chi connectivity index (χ0n) is 14.1. The highest BCUT2D eigenvalue weighted by molar-refractivity contribution is 7.98. The van der Waals surface area contributed by atoms with E-state index in [4.69, 9.17) is 4.42 Å². The standard InChI is InChI=1S/C18H21N3O3S/c1-25-16-7-3-2-5-14(16)19-17(22)13-20-8-10-21(11-9-20)18(23)15-6-4-12-24-15/h2-7,12H,8-11,13H2,1H3,(H,19,22). The van der Waals surface area contributed by atoms with Crippen molar-refractivity contribution in [2.45, 2.75) is 4.90 Å². The molecule has 1 saturated heterocycles. The second-order valence-electron chi connectivity index (χ2n) is 5.79.